The summed E-state index contributed by atoms with van der Waals surface area (Å²) in [6, 6.07) is 5.90. The lowest BCUT2D eigenvalue weighted by atomic mass is 9.93. The molecular formula is C20H32NO7P. The van der Waals surface area contributed by atoms with Gasteiger partial charge in [-0.05, 0) is 49.3 Å². The molecule has 9 heteroatoms. The minimum atomic E-state index is -4.52. The Kier molecular flexibility index (Phi) is 7.59. The maximum atomic E-state index is 11.0. The quantitative estimate of drug-likeness (QED) is 0.383. The third kappa shape index (κ3) is 6.67. The van der Waals surface area contributed by atoms with Gasteiger partial charge >= 0.3 is 7.82 Å². The van der Waals surface area contributed by atoms with Crippen LogP contribution in [0.4, 0.5) is 0 Å². The van der Waals surface area contributed by atoms with Crippen LogP contribution in [0.5, 0.6) is 11.5 Å². The summed E-state index contributed by atoms with van der Waals surface area (Å²) < 4.78 is 33.2. The van der Waals surface area contributed by atoms with Gasteiger partial charge < -0.3 is 29.7 Å². The van der Waals surface area contributed by atoms with Crippen LogP contribution < -0.4 is 15.2 Å². The predicted molar refractivity (Wildman–Crippen MR) is 108 cm³/mol. The van der Waals surface area contributed by atoms with Crippen molar-refractivity contribution in [3.63, 3.8) is 0 Å². The second-order valence-corrected chi connectivity index (χ2v) is 9.34. The second-order valence-electron chi connectivity index (χ2n) is 8.11. The van der Waals surface area contributed by atoms with Crippen molar-refractivity contribution in [1.29, 1.82) is 0 Å². The Labute approximate surface area is 171 Å². The Morgan fingerprint density at radius 2 is 2.14 bits per heavy atom. The molecule has 0 spiro atoms. The van der Waals surface area contributed by atoms with Gasteiger partial charge in [-0.1, -0.05) is 25.8 Å². The second kappa shape index (κ2) is 9.77. The first-order chi connectivity index (χ1) is 13.8. The molecule has 1 fully saturated rings. The number of nitrogens with two attached hydrogens (primary N) is 1. The van der Waals surface area contributed by atoms with Crippen LogP contribution in [0.15, 0.2) is 18.2 Å². The molecule has 8 nitrogen and oxygen atoms in total. The molecule has 3 unspecified atom stereocenters. The van der Waals surface area contributed by atoms with Gasteiger partial charge in [0.2, 0.25) is 0 Å². The van der Waals surface area contributed by atoms with Crippen LogP contribution in [0.3, 0.4) is 0 Å². The molecule has 1 aromatic carbocycles. The zero-order valence-corrected chi connectivity index (χ0v) is 17.8. The lowest BCUT2D eigenvalue weighted by Crippen LogP contribution is -2.41. The van der Waals surface area contributed by atoms with E-state index in [4.69, 9.17) is 29.7 Å². The third-order valence-electron chi connectivity index (χ3n) is 5.52. The van der Waals surface area contributed by atoms with Gasteiger partial charge in [0, 0.05) is 12.1 Å². The van der Waals surface area contributed by atoms with E-state index in [-0.39, 0.29) is 18.6 Å². The van der Waals surface area contributed by atoms with Crippen LogP contribution in [0, 0.1) is 0 Å². The molecule has 3 atom stereocenters. The van der Waals surface area contributed by atoms with Gasteiger partial charge in [-0.15, -0.1) is 0 Å². The fraction of sp³-hybridized carbons (Fsp3) is 0.700. The number of phosphoric acid groups is 1. The normalized spacial score (nSPS) is 26.6. The first kappa shape index (κ1) is 22.5. The molecule has 0 aromatic heterocycles. The van der Waals surface area contributed by atoms with E-state index in [0.29, 0.717) is 37.6 Å². The summed E-state index contributed by atoms with van der Waals surface area (Å²) in [7, 11) is -4.52. The molecule has 29 heavy (non-hydrogen) atoms. The SMILES string of the molecule is CCCCCOCC1COc2cc(C3CCC(N)(COP(=O)(O)O)C3)ccc2O1. The third-order valence-corrected chi connectivity index (χ3v) is 5.98. The molecule has 0 radical (unpaired) electrons. The van der Waals surface area contributed by atoms with Gasteiger partial charge in [0.25, 0.3) is 0 Å². The molecule has 4 N–H and O–H groups in total. The van der Waals surface area contributed by atoms with Crippen molar-refractivity contribution < 1.29 is 33.1 Å². The smallest absolute Gasteiger partial charge is 0.469 e. The minimum Gasteiger partial charge on any atom is -0.486 e. The summed E-state index contributed by atoms with van der Waals surface area (Å²) in [5, 5.41) is 0. The van der Waals surface area contributed by atoms with Gasteiger partial charge in [0.15, 0.2) is 17.6 Å². The Morgan fingerprint density at radius 3 is 2.90 bits per heavy atom. The molecular weight excluding hydrogens is 397 g/mol. The number of benzene rings is 1. The van der Waals surface area contributed by atoms with E-state index in [0.717, 1.165) is 25.0 Å². The van der Waals surface area contributed by atoms with Crippen molar-refractivity contribution in [2.45, 2.75) is 63.0 Å². The van der Waals surface area contributed by atoms with Crippen molar-refractivity contribution >= 4 is 7.82 Å². The number of rotatable bonds is 10. The highest BCUT2D eigenvalue weighted by molar-refractivity contribution is 7.46. The largest absolute Gasteiger partial charge is 0.486 e. The van der Waals surface area contributed by atoms with Crippen LogP contribution in [-0.4, -0.2) is 47.9 Å². The molecule has 1 saturated carbocycles. The average molecular weight is 429 g/mol. The molecule has 164 valence electrons. The molecule has 0 bridgehead atoms. The summed E-state index contributed by atoms with van der Waals surface area (Å²) in [5.41, 5.74) is 6.64. The first-order valence-corrected chi connectivity index (χ1v) is 11.8. The lowest BCUT2D eigenvalue weighted by molar-refractivity contribution is 0.00780. The zero-order chi connectivity index (χ0) is 20.9. The molecule has 0 amide bonds. The van der Waals surface area contributed by atoms with E-state index in [1.54, 1.807) is 0 Å². The monoisotopic (exact) mass is 429 g/mol. The van der Waals surface area contributed by atoms with Crippen molar-refractivity contribution in [2.75, 3.05) is 26.4 Å². The van der Waals surface area contributed by atoms with Gasteiger partial charge in [-0.25, -0.2) is 4.57 Å². The summed E-state index contributed by atoms with van der Waals surface area (Å²) in [5.74, 6) is 1.61. The lowest BCUT2D eigenvalue weighted by Gasteiger charge is -2.27. The molecule has 1 aromatic rings. The van der Waals surface area contributed by atoms with Crippen LogP contribution in [0.2, 0.25) is 0 Å². The number of hydrogen-bond acceptors (Lipinski definition) is 6. The summed E-state index contributed by atoms with van der Waals surface area (Å²) in [6.45, 7) is 3.72. The van der Waals surface area contributed by atoms with Crippen LogP contribution in [-0.2, 0) is 13.8 Å². The van der Waals surface area contributed by atoms with Gasteiger partial charge in [-0.3, -0.25) is 4.52 Å². The van der Waals surface area contributed by atoms with Crippen molar-refractivity contribution in [2.24, 2.45) is 5.73 Å². The number of unbranched alkanes of at least 4 members (excludes halogenated alkanes) is 2. The van der Waals surface area contributed by atoms with E-state index in [1.165, 1.54) is 12.8 Å². The highest BCUT2D eigenvalue weighted by Crippen LogP contribution is 2.45. The van der Waals surface area contributed by atoms with E-state index in [9.17, 15) is 4.57 Å². The van der Waals surface area contributed by atoms with Gasteiger partial charge in [-0.2, -0.15) is 0 Å². The number of phosphoric ester groups is 1. The van der Waals surface area contributed by atoms with Gasteiger partial charge in [0.05, 0.1) is 13.2 Å². The fourth-order valence-corrected chi connectivity index (χ4v) is 4.35. The van der Waals surface area contributed by atoms with E-state index >= 15 is 0 Å². The van der Waals surface area contributed by atoms with Crippen molar-refractivity contribution in [3.8, 4) is 11.5 Å². The van der Waals surface area contributed by atoms with Crippen molar-refractivity contribution in [1.82, 2.24) is 0 Å². The molecule has 0 saturated heterocycles. The molecule has 1 aliphatic heterocycles. The van der Waals surface area contributed by atoms with Crippen molar-refractivity contribution in [3.05, 3.63) is 23.8 Å². The summed E-state index contributed by atoms with van der Waals surface area (Å²) in [4.78, 5) is 17.8. The predicted octanol–water partition coefficient (Wildman–Crippen LogP) is 3.11. The average Bonchev–Trinajstić information content (AvgIpc) is 3.08. The zero-order valence-electron chi connectivity index (χ0n) is 16.9. The van der Waals surface area contributed by atoms with Crippen LogP contribution in [0.1, 0.15) is 56.9 Å². The maximum absolute atomic E-state index is 11.0. The molecule has 1 heterocycles. The first-order valence-electron chi connectivity index (χ1n) is 10.3. The standard InChI is InChI=1S/C20H32NO7P/c1-2-3-4-9-25-12-17-13-26-19-10-15(5-6-18(19)28-17)16-7-8-20(21,11-16)14-27-29(22,23)24/h5-6,10,16-17H,2-4,7-9,11-14,21H2,1H3,(H2,22,23,24). The molecule has 1 aliphatic carbocycles. The van der Waals surface area contributed by atoms with E-state index < -0.39 is 13.4 Å². The Balaban J connectivity index is 1.52. The summed E-state index contributed by atoms with van der Waals surface area (Å²) >= 11 is 0. The Hall–Kier alpha value is -1.15. The minimum absolute atomic E-state index is 0.108. The molecule has 3 rings (SSSR count). The fourth-order valence-electron chi connectivity index (χ4n) is 3.92. The van der Waals surface area contributed by atoms with Gasteiger partial charge in [0.1, 0.15) is 6.61 Å². The van der Waals surface area contributed by atoms with E-state index in [2.05, 4.69) is 11.4 Å². The Bertz CT molecular complexity index is 725. The number of hydrogen-bond donors (Lipinski definition) is 3. The number of fused-ring (bicyclic) bond motifs is 1. The highest BCUT2D eigenvalue weighted by atomic mass is 31.2. The summed E-state index contributed by atoms with van der Waals surface area (Å²) in [6.07, 6.45) is 5.37. The van der Waals surface area contributed by atoms with E-state index in [1.807, 2.05) is 18.2 Å². The van der Waals surface area contributed by atoms with Crippen LogP contribution in [0.25, 0.3) is 0 Å². The Morgan fingerprint density at radius 1 is 1.31 bits per heavy atom. The maximum Gasteiger partial charge on any atom is 0.469 e. The highest BCUT2D eigenvalue weighted by Gasteiger charge is 2.38. The number of ether oxygens (including phenoxy) is 3. The van der Waals surface area contributed by atoms with Crippen LogP contribution >= 0.6 is 7.82 Å². The molecule has 2 aliphatic rings. The topological polar surface area (TPSA) is 120 Å².